The summed E-state index contributed by atoms with van der Waals surface area (Å²) in [7, 11) is 0. The first-order chi connectivity index (χ1) is 13.1. The fourth-order valence-electron chi connectivity index (χ4n) is 4.40. The van der Waals surface area contributed by atoms with Crippen molar-refractivity contribution in [1.82, 2.24) is 15.1 Å². The number of rotatable bonds is 4. The molecule has 1 saturated carbocycles. The van der Waals surface area contributed by atoms with E-state index < -0.39 is 0 Å². The van der Waals surface area contributed by atoms with E-state index in [4.69, 9.17) is 0 Å². The number of nitrogens with zero attached hydrogens (tertiary/aromatic N) is 2. The van der Waals surface area contributed by atoms with Gasteiger partial charge < -0.3 is 15.1 Å². The molecule has 27 heavy (non-hydrogen) atoms. The molecule has 1 aliphatic carbocycles. The summed E-state index contributed by atoms with van der Waals surface area (Å²) in [5.74, 6) is -0.319. The van der Waals surface area contributed by atoms with Gasteiger partial charge in [0, 0.05) is 38.1 Å². The van der Waals surface area contributed by atoms with Crippen LogP contribution in [0.15, 0.2) is 24.3 Å². The zero-order chi connectivity index (χ0) is 18.9. The third-order valence-electron chi connectivity index (χ3n) is 6.35. The summed E-state index contributed by atoms with van der Waals surface area (Å²) in [5.41, 5.74) is 1.06. The van der Waals surface area contributed by atoms with E-state index in [-0.39, 0.29) is 29.1 Å². The molecule has 0 bridgehead atoms. The number of piperidine rings is 1. The van der Waals surface area contributed by atoms with E-state index in [9.17, 15) is 14.0 Å². The lowest BCUT2D eigenvalue weighted by molar-refractivity contribution is -0.126. The standard InChI is InChI=1S/C21H28FN3O2/c22-18-7-5-17(6-8-18)21(9-10-21)15-23-19(26)16-4-3-13-25(14-16)20(27)24-11-1-2-12-24/h5-8,16H,1-4,9-15H2,(H,23,26). The number of benzene rings is 1. The molecule has 3 aliphatic rings. The summed E-state index contributed by atoms with van der Waals surface area (Å²) in [6.45, 7) is 3.54. The fraction of sp³-hybridized carbons (Fsp3) is 0.619. The minimum Gasteiger partial charge on any atom is -0.355 e. The molecule has 146 valence electrons. The zero-order valence-electron chi connectivity index (χ0n) is 15.8. The molecule has 1 N–H and O–H groups in total. The number of carbonyl (C=O) groups is 2. The Bertz CT molecular complexity index is 696. The second kappa shape index (κ2) is 7.49. The number of nitrogens with one attached hydrogen (secondary N) is 1. The molecule has 0 radical (unpaired) electrons. The Morgan fingerprint density at radius 3 is 2.37 bits per heavy atom. The predicted octanol–water partition coefficient (Wildman–Crippen LogP) is 2.90. The molecule has 1 aromatic carbocycles. The van der Waals surface area contributed by atoms with Gasteiger partial charge in [-0.2, -0.15) is 0 Å². The van der Waals surface area contributed by atoms with Crippen molar-refractivity contribution in [3.63, 3.8) is 0 Å². The van der Waals surface area contributed by atoms with Gasteiger partial charge in [0.05, 0.1) is 5.92 Å². The normalized spacial score (nSPS) is 24.0. The lowest BCUT2D eigenvalue weighted by atomic mass is 9.94. The van der Waals surface area contributed by atoms with Crippen molar-refractivity contribution in [1.29, 1.82) is 0 Å². The maximum atomic E-state index is 13.2. The van der Waals surface area contributed by atoms with E-state index in [0.717, 1.165) is 63.7 Å². The van der Waals surface area contributed by atoms with Crippen molar-refractivity contribution in [2.75, 3.05) is 32.7 Å². The molecule has 2 saturated heterocycles. The summed E-state index contributed by atoms with van der Waals surface area (Å²) >= 11 is 0. The smallest absolute Gasteiger partial charge is 0.320 e. The molecular formula is C21H28FN3O2. The van der Waals surface area contributed by atoms with Crippen molar-refractivity contribution < 1.29 is 14.0 Å². The summed E-state index contributed by atoms with van der Waals surface area (Å²) < 4.78 is 13.2. The topological polar surface area (TPSA) is 52.7 Å². The lowest BCUT2D eigenvalue weighted by Gasteiger charge is -2.34. The molecule has 3 fully saturated rings. The van der Waals surface area contributed by atoms with Crippen LogP contribution >= 0.6 is 0 Å². The highest BCUT2D eigenvalue weighted by Crippen LogP contribution is 2.47. The monoisotopic (exact) mass is 373 g/mol. The van der Waals surface area contributed by atoms with Gasteiger partial charge in [0.15, 0.2) is 0 Å². The van der Waals surface area contributed by atoms with Crippen LogP contribution in [0.1, 0.15) is 44.1 Å². The first-order valence-corrected chi connectivity index (χ1v) is 10.2. The molecule has 6 heteroatoms. The van der Waals surface area contributed by atoms with Crippen molar-refractivity contribution in [2.24, 2.45) is 5.92 Å². The number of halogens is 1. The summed E-state index contributed by atoms with van der Waals surface area (Å²) in [6, 6.07) is 6.72. The Balaban J connectivity index is 1.31. The lowest BCUT2D eigenvalue weighted by Crippen LogP contribution is -2.50. The van der Waals surface area contributed by atoms with Crippen LogP contribution in [0.5, 0.6) is 0 Å². The van der Waals surface area contributed by atoms with Crippen LogP contribution in [0.2, 0.25) is 0 Å². The molecule has 3 amide bonds. The SMILES string of the molecule is O=C(NCC1(c2ccc(F)cc2)CC1)C1CCCN(C(=O)N2CCCC2)C1. The highest BCUT2D eigenvalue weighted by molar-refractivity contribution is 5.81. The number of urea groups is 1. The van der Waals surface area contributed by atoms with Crippen LogP contribution in [0.3, 0.4) is 0 Å². The Morgan fingerprint density at radius 2 is 1.70 bits per heavy atom. The van der Waals surface area contributed by atoms with Crippen LogP contribution in [0, 0.1) is 11.7 Å². The van der Waals surface area contributed by atoms with Gasteiger partial charge in [0.2, 0.25) is 5.91 Å². The molecule has 2 heterocycles. The highest BCUT2D eigenvalue weighted by Gasteiger charge is 2.44. The quantitative estimate of drug-likeness (QED) is 0.882. The molecule has 1 unspecified atom stereocenters. The maximum absolute atomic E-state index is 13.2. The summed E-state index contributed by atoms with van der Waals surface area (Å²) in [6.07, 6.45) is 5.90. The van der Waals surface area contributed by atoms with E-state index in [1.807, 2.05) is 21.9 Å². The van der Waals surface area contributed by atoms with Gasteiger partial charge in [0.25, 0.3) is 0 Å². The maximum Gasteiger partial charge on any atom is 0.320 e. The molecule has 0 spiro atoms. The largest absolute Gasteiger partial charge is 0.355 e. The van der Waals surface area contributed by atoms with Gasteiger partial charge in [0.1, 0.15) is 5.82 Å². The van der Waals surface area contributed by atoms with E-state index in [0.29, 0.717) is 13.1 Å². The van der Waals surface area contributed by atoms with Crippen molar-refractivity contribution >= 4 is 11.9 Å². The Hall–Kier alpha value is -2.11. The number of amides is 3. The Kier molecular flexibility index (Phi) is 5.06. The highest BCUT2D eigenvalue weighted by atomic mass is 19.1. The molecule has 4 rings (SSSR count). The Morgan fingerprint density at radius 1 is 1.04 bits per heavy atom. The minimum absolute atomic E-state index is 0.0386. The van der Waals surface area contributed by atoms with E-state index in [1.54, 1.807) is 0 Å². The molecule has 0 aromatic heterocycles. The first kappa shape index (κ1) is 18.3. The zero-order valence-corrected chi connectivity index (χ0v) is 15.8. The second-order valence-electron chi connectivity index (χ2n) is 8.27. The van der Waals surface area contributed by atoms with Crippen molar-refractivity contribution in [3.05, 3.63) is 35.6 Å². The van der Waals surface area contributed by atoms with E-state index >= 15 is 0 Å². The van der Waals surface area contributed by atoms with Crippen LogP contribution in [-0.2, 0) is 10.2 Å². The van der Waals surface area contributed by atoms with Gasteiger partial charge in [-0.1, -0.05) is 12.1 Å². The van der Waals surface area contributed by atoms with E-state index in [2.05, 4.69) is 5.32 Å². The molecule has 1 aromatic rings. The predicted molar refractivity (Wildman–Crippen MR) is 101 cm³/mol. The van der Waals surface area contributed by atoms with Crippen LogP contribution in [0.25, 0.3) is 0 Å². The van der Waals surface area contributed by atoms with Crippen LogP contribution in [0.4, 0.5) is 9.18 Å². The average molecular weight is 373 g/mol. The second-order valence-corrected chi connectivity index (χ2v) is 8.27. The summed E-state index contributed by atoms with van der Waals surface area (Å²) in [5, 5.41) is 3.11. The molecule has 1 atom stereocenters. The van der Waals surface area contributed by atoms with Crippen LogP contribution in [-0.4, -0.2) is 54.5 Å². The Labute approximate surface area is 159 Å². The first-order valence-electron chi connectivity index (χ1n) is 10.2. The third-order valence-corrected chi connectivity index (χ3v) is 6.35. The van der Waals surface area contributed by atoms with Gasteiger partial charge >= 0.3 is 6.03 Å². The third kappa shape index (κ3) is 3.94. The van der Waals surface area contributed by atoms with Crippen LogP contribution < -0.4 is 5.32 Å². The van der Waals surface area contributed by atoms with Crippen molar-refractivity contribution in [3.8, 4) is 0 Å². The van der Waals surface area contributed by atoms with Gasteiger partial charge in [-0.3, -0.25) is 4.79 Å². The fourth-order valence-corrected chi connectivity index (χ4v) is 4.40. The summed E-state index contributed by atoms with van der Waals surface area (Å²) in [4.78, 5) is 29.1. The molecule has 5 nitrogen and oxygen atoms in total. The van der Waals surface area contributed by atoms with Crippen molar-refractivity contribution in [2.45, 2.75) is 43.9 Å². The van der Waals surface area contributed by atoms with Gasteiger partial charge in [-0.05, 0) is 56.2 Å². The minimum atomic E-state index is -0.233. The molecule has 2 aliphatic heterocycles. The van der Waals surface area contributed by atoms with E-state index in [1.165, 1.54) is 12.1 Å². The number of likely N-dealkylation sites (tertiary alicyclic amines) is 2. The number of hydrogen-bond acceptors (Lipinski definition) is 2. The van der Waals surface area contributed by atoms with Gasteiger partial charge in [-0.15, -0.1) is 0 Å². The number of carbonyl (C=O) groups excluding carboxylic acids is 2. The number of hydrogen-bond donors (Lipinski definition) is 1. The molecular weight excluding hydrogens is 345 g/mol. The van der Waals surface area contributed by atoms with Gasteiger partial charge in [-0.25, -0.2) is 9.18 Å². The average Bonchev–Trinajstić information content (AvgIpc) is 3.29.